The maximum absolute atomic E-state index is 11.7. The molecule has 0 heterocycles. The van der Waals surface area contributed by atoms with E-state index in [0.717, 1.165) is 0 Å². The highest BCUT2D eigenvalue weighted by Gasteiger charge is 2.32. The fourth-order valence-electron chi connectivity index (χ4n) is 1.64. The quantitative estimate of drug-likeness (QED) is 0.724. The van der Waals surface area contributed by atoms with Gasteiger partial charge in [0.25, 0.3) is 0 Å². The topological polar surface area (TPSA) is 75.6 Å². The van der Waals surface area contributed by atoms with Crippen molar-refractivity contribution in [3.05, 3.63) is 29.3 Å². The van der Waals surface area contributed by atoms with E-state index in [9.17, 15) is 9.59 Å². The summed E-state index contributed by atoms with van der Waals surface area (Å²) in [6, 6.07) is 7.09. The number of hydrogen-bond donors (Lipinski definition) is 2. The molecule has 0 aliphatic heterocycles. The number of benzene rings is 1. The molecule has 0 spiro atoms. The van der Waals surface area contributed by atoms with Gasteiger partial charge in [-0.3, -0.25) is 4.79 Å². The lowest BCUT2D eigenvalue weighted by Gasteiger charge is -2.24. The molecule has 0 aliphatic carbocycles. The van der Waals surface area contributed by atoms with E-state index in [0.29, 0.717) is 30.2 Å². The van der Waals surface area contributed by atoms with Gasteiger partial charge in [0.1, 0.15) is 11.3 Å². The Balaban J connectivity index is 2.34. The molecule has 0 aromatic heterocycles. The van der Waals surface area contributed by atoms with Gasteiger partial charge in [0.2, 0.25) is 5.91 Å². The number of aliphatic carboxylic acids is 1. The summed E-state index contributed by atoms with van der Waals surface area (Å²) in [6.45, 7) is 3.55. The molecule has 0 radical (unpaired) electrons. The van der Waals surface area contributed by atoms with Crippen molar-refractivity contribution in [1.82, 2.24) is 5.32 Å². The predicted molar refractivity (Wildman–Crippen MR) is 80.7 cm³/mol. The molecular weight excluding hydrogens is 294 g/mol. The Bertz CT molecular complexity index is 506. The van der Waals surface area contributed by atoms with Crippen LogP contribution in [0.4, 0.5) is 0 Å². The van der Waals surface area contributed by atoms with E-state index < -0.39 is 11.5 Å². The Labute approximate surface area is 129 Å². The van der Waals surface area contributed by atoms with Gasteiger partial charge in [-0.15, -0.1) is 0 Å². The first kappa shape index (κ1) is 17.3. The van der Waals surface area contributed by atoms with Gasteiger partial charge >= 0.3 is 5.97 Å². The van der Waals surface area contributed by atoms with Crippen molar-refractivity contribution in [2.24, 2.45) is 0 Å². The van der Waals surface area contributed by atoms with Gasteiger partial charge in [-0.2, -0.15) is 0 Å². The van der Waals surface area contributed by atoms with Crippen molar-refractivity contribution >= 4 is 23.5 Å². The molecule has 1 aromatic carbocycles. The SMILES string of the molecule is CCC(C)(NC(=O)CCCOc1ccccc1Cl)C(=O)O. The number of ether oxygens (including phenoxy) is 1. The van der Waals surface area contributed by atoms with Gasteiger partial charge in [-0.25, -0.2) is 4.79 Å². The molecule has 0 aliphatic rings. The van der Waals surface area contributed by atoms with E-state index in [1.807, 2.05) is 6.07 Å². The number of hydrogen-bond acceptors (Lipinski definition) is 3. The van der Waals surface area contributed by atoms with E-state index in [4.69, 9.17) is 21.4 Å². The van der Waals surface area contributed by atoms with Crippen LogP contribution in [0.25, 0.3) is 0 Å². The fourth-order valence-corrected chi connectivity index (χ4v) is 1.83. The molecule has 116 valence electrons. The maximum Gasteiger partial charge on any atom is 0.329 e. The van der Waals surface area contributed by atoms with Crippen molar-refractivity contribution in [3.8, 4) is 5.75 Å². The zero-order valence-corrected chi connectivity index (χ0v) is 12.9. The lowest BCUT2D eigenvalue weighted by Crippen LogP contribution is -2.51. The summed E-state index contributed by atoms with van der Waals surface area (Å²) in [7, 11) is 0. The lowest BCUT2D eigenvalue weighted by molar-refractivity contribution is -0.147. The Morgan fingerprint density at radius 3 is 2.62 bits per heavy atom. The number of para-hydroxylation sites is 1. The Morgan fingerprint density at radius 2 is 2.05 bits per heavy atom. The van der Waals surface area contributed by atoms with E-state index >= 15 is 0 Å². The number of carbonyl (C=O) groups is 2. The molecule has 5 nitrogen and oxygen atoms in total. The lowest BCUT2D eigenvalue weighted by atomic mass is 9.99. The average Bonchev–Trinajstić information content (AvgIpc) is 2.45. The van der Waals surface area contributed by atoms with Crippen LogP contribution in [0.5, 0.6) is 5.75 Å². The van der Waals surface area contributed by atoms with E-state index in [2.05, 4.69) is 5.32 Å². The van der Waals surface area contributed by atoms with Gasteiger partial charge in [0.15, 0.2) is 0 Å². The average molecular weight is 314 g/mol. The zero-order valence-electron chi connectivity index (χ0n) is 12.2. The summed E-state index contributed by atoms with van der Waals surface area (Å²) in [5, 5.41) is 12.1. The summed E-state index contributed by atoms with van der Waals surface area (Å²) >= 11 is 5.94. The number of carboxylic acid groups (broad SMARTS) is 1. The molecule has 1 amide bonds. The number of nitrogens with one attached hydrogen (secondary N) is 1. The van der Waals surface area contributed by atoms with Gasteiger partial charge in [-0.1, -0.05) is 30.7 Å². The minimum Gasteiger partial charge on any atom is -0.492 e. The molecule has 2 N–H and O–H groups in total. The fraction of sp³-hybridized carbons (Fsp3) is 0.467. The molecule has 0 saturated heterocycles. The number of carbonyl (C=O) groups excluding carboxylic acids is 1. The van der Waals surface area contributed by atoms with Crippen LogP contribution in [0.3, 0.4) is 0 Å². The molecule has 0 saturated carbocycles. The van der Waals surface area contributed by atoms with Crippen LogP contribution in [0.2, 0.25) is 5.02 Å². The van der Waals surface area contributed by atoms with Gasteiger partial charge in [-0.05, 0) is 31.9 Å². The van der Waals surface area contributed by atoms with Crippen LogP contribution in [0, 0.1) is 0 Å². The number of amides is 1. The minimum atomic E-state index is -1.22. The summed E-state index contributed by atoms with van der Waals surface area (Å²) in [4.78, 5) is 22.8. The summed E-state index contributed by atoms with van der Waals surface area (Å²) < 4.78 is 5.46. The molecular formula is C15H20ClNO4. The largest absolute Gasteiger partial charge is 0.492 e. The molecule has 1 unspecified atom stereocenters. The highest BCUT2D eigenvalue weighted by Crippen LogP contribution is 2.23. The molecule has 6 heteroatoms. The molecule has 1 atom stereocenters. The van der Waals surface area contributed by atoms with Crippen molar-refractivity contribution < 1.29 is 19.4 Å². The number of rotatable bonds is 8. The monoisotopic (exact) mass is 313 g/mol. The standard InChI is InChI=1S/C15H20ClNO4/c1-3-15(2,14(19)20)17-13(18)9-6-10-21-12-8-5-4-7-11(12)16/h4-5,7-8H,3,6,9-10H2,1-2H3,(H,17,18)(H,19,20). The molecule has 1 aromatic rings. The smallest absolute Gasteiger partial charge is 0.329 e. The zero-order chi connectivity index (χ0) is 15.9. The van der Waals surface area contributed by atoms with Crippen LogP contribution in [-0.2, 0) is 9.59 Å². The molecule has 0 fully saturated rings. The number of halogens is 1. The highest BCUT2D eigenvalue weighted by molar-refractivity contribution is 6.32. The molecule has 0 bridgehead atoms. The van der Waals surface area contributed by atoms with Crippen LogP contribution in [0.15, 0.2) is 24.3 Å². The van der Waals surface area contributed by atoms with Crippen LogP contribution in [-0.4, -0.2) is 29.1 Å². The van der Waals surface area contributed by atoms with Gasteiger partial charge in [0, 0.05) is 6.42 Å². The van der Waals surface area contributed by atoms with Crippen molar-refractivity contribution in [2.75, 3.05) is 6.61 Å². The summed E-state index contributed by atoms with van der Waals surface area (Å²) in [5.74, 6) is -0.765. The third-order valence-corrected chi connectivity index (χ3v) is 3.55. The Hall–Kier alpha value is -1.75. The third-order valence-electron chi connectivity index (χ3n) is 3.24. The normalized spacial score (nSPS) is 13.3. The van der Waals surface area contributed by atoms with Gasteiger partial charge in [0.05, 0.1) is 11.6 Å². The molecule has 21 heavy (non-hydrogen) atoms. The second kappa shape index (κ2) is 7.88. The van der Waals surface area contributed by atoms with Crippen molar-refractivity contribution in [1.29, 1.82) is 0 Å². The predicted octanol–water partition coefficient (Wildman–Crippen LogP) is 2.87. The van der Waals surface area contributed by atoms with E-state index in [1.165, 1.54) is 6.92 Å². The van der Waals surface area contributed by atoms with Crippen molar-refractivity contribution in [2.45, 2.75) is 38.6 Å². The van der Waals surface area contributed by atoms with Crippen molar-refractivity contribution in [3.63, 3.8) is 0 Å². The second-order valence-corrected chi connectivity index (χ2v) is 5.33. The maximum atomic E-state index is 11.7. The number of carboxylic acids is 1. The van der Waals surface area contributed by atoms with Crippen LogP contribution >= 0.6 is 11.6 Å². The minimum absolute atomic E-state index is 0.202. The third kappa shape index (κ3) is 5.27. The summed E-state index contributed by atoms with van der Waals surface area (Å²) in [6.07, 6.45) is 1.01. The van der Waals surface area contributed by atoms with Gasteiger partial charge < -0.3 is 15.2 Å². The van der Waals surface area contributed by atoms with E-state index in [1.54, 1.807) is 25.1 Å². The summed E-state index contributed by atoms with van der Waals surface area (Å²) in [5.41, 5.74) is -1.22. The first-order chi connectivity index (χ1) is 9.89. The first-order valence-corrected chi connectivity index (χ1v) is 7.18. The Morgan fingerprint density at radius 1 is 1.38 bits per heavy atom. The second-order valence-electron chi connectivity index (χ2n) is 4.92. The van der Waals surface area contributed by atoms with E-state index in [-0.39, 0.29) is 12.3 Å². The van der Waals surface area contributed by atoms with Crippen LogP contribution < -0.4 is 10.1 Å². The van der Waals surface area contributed by atoms with Crippen LogP contribution in [0.1, 0.15) is 33.1 Å². The first-order valence-electron chi connectivity index (χ1n) is 6.81. The molecule has 1 rings (SSSR count). The highest BCUT2D eigenvalue weighted by atomic mass is 35.5. The Kier molecular flexibility index (Phi) is 6.49.